The van der Waals surface area contributed by atoms with Crippen molar-refractivity contribution in [2.45, 2.75) is 24.9 Å². The van der Waals surface area contributed by atoms with Crippen LogP contribution in [0.1, 0.15) is 45.8 Å². The summed E-state index contributed by atoms with van der Waals surface area (Å²) in [6, 6.07) is 13.4. The summed E-state index contributed by atoms with van der Waals surface area (Å²) in [7, 11) is 0. The number of Topliss-reactive ketones (excluding diaryl/α,β-unsaturated/α-hetero) is 1. The first-order chi connectivity index (χ1) is 16.7. The molecule has 2 saturated heterocycles. The molecule has 9 heteroatoms. The second-order valence-electron chi connectivity index (χ2n) is 9.03. The molecule has 2 aliphatic heterocycles. The summed E-state index contributed by atoms with van der Waals surface area (Å²) in [6.07, 6.45) is -3.67. The van der Waals surface area contributed by atoms with Crippen molar-refractivity contribution < 1.29 is 27.5 Å². The molecule has 2 fully saturated rings. The lowest BCUT2D eigenvalue weighted by molar-refractivity contribution is -0.137. The lowest BCUT2D eigenvalue weighted by atomic mass is 9.81. The van der Waals surface area contributed by atoms with Crippen molar-refractivity contribution in [3.63, 3.8) is 0 Å². The van der Waals surface area contributed by atoms with Crippen molar-refractivity contribution in [1.82, 2.24) is 9.80 Å². The highest BCUT2D eigenvalue weighted by Gasteiger charge is 2.35. The van der Waals surface area contributed by atoms with Crippen molar-refractivity contribution in [1.29, 1.82) is 5.26 Å². The molecule has 2 unspecified atom stereocenters. The Hall–Kier alpha value is -3.38. The zero-order valence-electron chi connectivity index (χ0n) is 19.1. The first-order valence-corrected chi connectivity index (χ1v) is 11.6. The molecule has 0 aromatic heterocycles. The van der Waals surface area contributed by atoms with Crippen LogP contribution in [-0.4, -0.2) is 61.0 Å². The first kappa shape index (κ1) is 24.7. The van der Waals surface area contributed by atoms with Gasteiger partial charge in [0.1, 0.15) is 0 Å². The average Bonchev–Trinajstić information content (AvgIpc) is 2.88. The molecule has 2 aromatic carbocycles. The van der Waals surface area contributed by atoms with E-state index >= 15 is 0 Å². The molecule has 0 N–H and O–H groups in total. The van der Waals surface area contributed by atoms with Crippen LogP contribution >= 0.6 is 0 Å². The van der Waals surface area contributed by atoms with E-state index in [0.29, 0.717) is 62.5 Å². The van der Waals surface area contributed by atoms with Gasteiger partial charge in [0.25, 0.3) is 0 Å². The van der Waals surface area contributed by atoms with Crippen molar-refractivity contribution >= 4 is 11.8 Å². The van der Waals surface area contributed by atoms with Crippen LogP contribution in [0.5, 0.6) is 0 Å². The molecule has 2 amide bonds. The molecule has 0 spiro atoms. The number of morpholine rings is 1. The fourth-order valence-electron chi connectivity index (χ4n) is 4.79. The van der Waals surface area contributed by atoms with E-state index < -0.39 is 11.7 Å². The van der Waals surface area contributed by atoms with Crippen molar-refractivity contribution in [3.05, 3.63) is 70.8 Å². The van der Waals surface area contributed by atoms with Gasteiger partial charge in [-0.1, -0.05) is 24.3 Å². The number of ether oxygens (including phenoxy) is 1. The van der Waals surface area contributed by atoms with Crippen molar-refractivity contribution in [2.75, 3.05) is 39.4 Å². The maximum atomic E-state index is 13.2. The van der Waals surface area contributed by atoms with E-state index in [2.05, 4.69) is 0 Å². The Morgan fingerprint density at radius 2 is 1.74 bits per heavy atom. The zero-order chi connectivity index (χ0) is 25.0. The predicted octanol–water partition coefficient (Wildman–Crippen LogP) is 4.71. The van der Waals surface area contributed by atoms with E-state index in [0.717, 1.165) is 12.1 Å². The number of alkyl halides is 3. The number of carbonyl (C=O) groups excluding carboxylic acids is 2. The lowest BCUT2D eigenvalue weighted by Crippen LogP contribution is -2.52. The van der Waals surface area contributed by atoms with Gasteiger partial charge in [0.2, 0.25) is 0 Å². The Bertz CT molecular complexity index is 1110. The summed E-state index contributed by atoms with van der Waals surface area (Å²) in [6.45, 7) is 2.63. The highest BCUT2D eigenvalue weighted by Crippen LogP contribution is 2.35. The first-order valence-electron chi connectivity index (χ1n) is 11.6. The summed E-state index contributed by atoms with van der Waals surface area (Å²) >= 11 is 0. The molecule has 6 nitrogen and oxygen atoms in total. The molecule has 0 saturated carbocycles. The molecule has 35 heavy (non-hydrogen) atoms. The zero-order valence-corrected chi connectivity index (χ0v) is 19.1. The van der Waals surface area contributed by atoms with Gasteiger partial charge in [-0.15, -0.1) is 0 Å². The van der Waals surface area contributed by atoms with Crippen LogP contribution < -0.4 is 0 Å². The van der Waals surface area contributed by atoms with Crippen LogP contribution in [0.4, 0.5) is 18.0 Å². The molecule has 2 aliphatic rings. The van der Waals surface area contributed by atoms with Gasteiger partial charge < -0.3 is 14.5 Å². The van der Waals surface area contributed by atoms with E-state index in [1.807, 2.05) is 6.07 Å². The number of likely N-dealkylation sites (tertiary alicyclic amines) is 1. The SMILES string of the molecule is N#Cc1cccc(C(=O)CC2CC(c3ccc(C(F)(F)F)cc3)CN(C(=O)N3CCOCC3)C2)c1. The highest BCUT2D eigenvalue weighted by molar-refractivity contribution is 5.96. The number of hydrogen-bond donors (Lipinski definition) is 0. The fraction of sp³-hybridized carbons (Fsp3) is 0.423. The summed E-state index contributed by atoms with van der Waals surface area (Å²) in [5.41, 5.74) is 0.821. The Kier molecular flexibility index (Phi) is 7.41. The van der Waals surface area contributed by atoms with Crippen LogP contribution in [-0.2, 0) is 10.9 Å². The molecule has 4 rings (SSSR count). The number of nitrogens with zero attached hydrogens (tertiary/aromatic N) is 3. The third kappa shape index (κ3) is 6.01. The summed E-state index contributed by atoms with van der Waals surface area (Å²) < 4.78 is 44.4. The Balaban J connectivity index is 1.55. The number of nitriles is 1. The third-order valence-electron chi connectivity index (χ3n) is 6.59. The van der Waals surface area contributed by atoms with Gasteiger partial charge in [0, 0.05) is 44.1 Å². The smallest absolute Gasteiger partial charge is 0.378 e. The van der Waals surface area contributed by atoms with Crippen molar-refractivity contribution in [2.24, 2.45) is 5.92 Å². The summed E-state index contributed by atoms with van der Waals surface area (Å²) in [5.74, 6) is -0.488. The number of amides is 2. The van der Waals surface area contributed by atoms with E-state index in [1.165, 1.54) is 12.1 Å². The van der Waals surface area contributed by atoms with Gasteiger partial charge in [0.15, 0.2) is 5.78 Å². The van der Waals surface area contributed by atoms with E-state index in [4.69, 9.17) is 10.00 Å². The van der Waals surface area contributed by atoms with Crippen LogP contribution in [0, 0.1) is 17.2 Å². The van der Waals surface area contributed by atoms with Gasteiger partial charge in [0.05, 0.1) is 30.4 Å². The molecule has 2 atom stereocenters. The molecule has 0 aliphatic carbocycles. The highest BCUT2D eigenvalue weighted by atomic mass is 19.4. The number of hydrogen-bond acceptors (Lipinski definition) is 4. The van der Waals surface area contributed by atoms with Crippen molar-refractivity contribution in [3.8, 4) is 6.07 Å². The van der Waals surface area contributed by atoms with Gasteiger partial charge in [-0.05, 0) is 42.2 Å². The second kappa shape index (κ2) is 10.5. The normalized spacial score (nSPS) is 20.9. The molecule has 184 valence electrons. The van der Waals surface area contributed by atoms with Crippen LogP contribution in [0.3, 0.4) is 0 Å². The minimum Gasteiger partial charge on any atom is -0.378 e. The standard InChI is InChI=1S/C26H26F3N3O3/c27-26(28,29)23-6-4-20(5-7-23)22-13-19(14-24(33)21-3-1-2-18(12-21)15-30)16-32(17-22)25(34)31-8-10-35-11-9-31/h1-7,12,19,22H,8-11,13-14,16-17H2. The molecule has 2 aromatic rings. The minimum absolute atomic E-state index is 0.126. The van der Waals surface area contributed by atoms with E-state index in [1.54, 1.807) is 34.1 Å². The maximum absolute atomic E-state index is 13.2. The average molecular weight is 486 g/mol. The fourth-order valence-corrected chi connectivity index (χ4v) is 4.79. The number of benzene rings is 2. The number of rotatable bonds is 4. The monoisotopic (exact) mass is 485 g/mol. The quantitative estimate of drug-likeness (QED) is 0.588. The van der Waals surface area contributed by atoms with Gasteiger partial charge >= 0.3 is 12.2 Å². The van der Waals surface area contributed by atoms with Gasteiger partial charge in [-0.3, -0.25) is 4.79 Å². The van der Waals surface area contributed by atoms with Gasteiger partial charge in [-0.2, -0.15) is 18.4 Å². The summed E-state index contributed by atoms with van der Waals surface area (Å²) in [5, 5.41) is 9.13. The molecule has 2 heterocycles. The predicted molar refractivity (Wildman–Crippen MR) is 122 cm³/mol. The number of urea groups is 1. The topological polar surface area (TPSA) is 73.6 Å². The largest absolute Gasteiger partial charge is 0.416 e. The van der Waals surface area contributed by atoms with Crippen LogP contribution in [0.25, 0.3) is 0 Å². The molecule has 0 radical (unpaired) electrons. The Labute approximate surface area is 201 Å². The van der Waals surface area contributed by atoms with Gasteiger partial charge in [-0.25, -0.2) is 4.79 Å². The Morgan fingerprint density at radius 1 is 1.03 bits per heavy atom. The van der Waals surface area contributed by atoms with Crippen LogP contribution in [0.15, 0.2) is 48.5 Å². The summed E-state index contributed by atoms with van der Waals surface area (Å²) in [4.78, 5) is 29.6. The molecular weight excluding hydrogens is 459 g/mol. The third-order valence-corrected chi connectivity index (χ3v) is 6.59. The molecular formula is C26H26F3N3O3. The number of ketones is 1. The number of piperidine rings is 1. The van der Waals surface area contributed by atoms with E-state index in [-0.39, 0.29) is 30.1 Å². The Morgan fingerprint density at radius 3 is 2.40 bits per heavy atom. The number of halogens is 3. The lowest BCUT2D eigenvalue weighted by Gasteiger charge is -2.41. The van der Waals surface area contributed by atoms with Crippen LogP contribution in [0.2, 0.25) is 0 Å². The molecule has 0 bridgehead atoms. The van der Waals surface area contributed by atoms with E-state index in [9.17, 15) is 22.8 Å². The minimum atomic E-state index is -4.42. The number of carbonyl (C=O) groups is 2. The second-order valence-corrected chi connectivity index (χ2v) is 9.03. The maximum Gasteiger partial charge on any atom is 0.416 e.